The normalized spacial score (nSPS) is 12.1. The van der Waals surface area contributed by atoms with Crippen molar-refractivity contribution in [3.05, 3.63) is 129 Å². The van der Waals surface area contributed by atoms with E-state index in [0.717, 1.165) is 4.57 Å². The zero-order chi connectivity index (χ0) is 35.7. The lowest BCUT2D eigenvalue weighted by Gasteiger charge is -2.16. The van der Waals surface area contributed by atoms with Gasteiger partial charge in [0, 0.05) is 31.4 Å². The third-order valence-electron chi connectivity index (χ3n) is 7.54. The standard InChI is InChI=1S/C31H23F2N9O7S/c1-40-27-16-34-9-8-21(27)29(44)42(31(40)47)19-3-2-17(35-15-19)12-26(30(45)46)37-28(43)22-13-24(33)25(14-23(22)32)38-50(48,49)20-6-4-18(5-7-20)41-11-10-36-39-41/h2-11,13-16,26,38H,12H2,1H3,(H,37,43)(H,45,46)/t26-/m0/s1. The number of rotatable bonds is 10. The fourth-order valence-corrected chi connectivity index (χ4v) is 6.02. The van der Waals surface area contributed by atoms with Crippen LogP contribution < -0.4 is 21.3 Å². The molecule has 0 spiro atoms. The van der Waals surface area contributed by atoms with Gasteiger partial charge in [-0.3, -0.25) is 28.8 Å². The van der Waals surface area contributed by atoms with Crippen molar-refractivity contribution in [3.8, 4) is 11.4 Å². The van der Waals surface area contributed by atoms with Crippen LogP contribution in [0, 0.1) is 11.6 Å². The molecule has 0 aliphatic rings. The van der Waals surface area contributed by atoms with Crippen LogP contribution in [0.2, 0.25) is 0 Å². The van der Waals surface area contributed by atoms with E-state index in [1.54, 1.807) is 0 Å². The lowest BCUT2D eigenvalue weighted by molar-refractivity contribution is -0.139. The van der Waals surface area contributed by atoms with Gasteiger partial charge >= 0.3 is 11.7 Å². The predicted octanol–water partition coefficient (Wildman–Crippen LogP) is 1.56. The van der Waals surface area contributed by atoms with Crippen LogP contribution in [-0.2, 0) is 28.3 Å². The van der Waals surface area contributed by atoms with Gasteiger partial charge in [-0.1, -0.05) is 5.21 Å². The first-order valence-electron chi connectivity index (χ1n) is 14.4. The molecule has 1 atom stereocenters. The van der Waals surface area contributed by atoms with Crippen molar-refractivity contribution >= 4 is 38.5 Å². The van der Waals surface area contributed by atoms with Gasteiger partial charge in [0.2, 0.25) is 0 Å². The second-order valence-electron chi connectivity index (χ2n) is 10.7. The minimum Gasteiger partial charge on any atom is -0.480 e. The van der Waals surface area contributed by atoms with Crippen LogP contribution in [0.1, 0.15) is 16.1 Å². The molecule has 16 nitrogen and oxygen atoms in total. The van der Waals surface area contributed by atoms with Gasteiger partial charge < -0.3 is 10.4 Å². The second kappa shape index (κ2) is 13.1. The number of nitrogens with one attached hydrogen (secondary N) is 2. The highest BCUT2D eigenvalue weighted by Gasteiger charge is 2.26. The number of hydrogen-bond donors (Lipinski definition) is 3. The molecule has 4 heterocycles. The number of pyridine rings is 2. The van der Waals surface area contributed by atoms with Crippen molar-refractivity contribution in [2.75, 3.05) is 4.72 Å². The van der Waals surface area contributed by atoms with Gasteiger partial charge in [-0.25, -0.2) is 36.0 Å². The Kier molecular flexibility index (Phi) is 8.73. The topological polar surface area (TPSA) is 213 Å². The summed E-state index contributed by atoms with van der Waals surface area (Å²) in [5.74, 6) is -5.48. The molecule has 0 aliphatic carbocycles. The van der Waals surface area contributed by atoms with Crippen molar-refractivity contribution in [1.82, 2.24) is 39.4 Å². The lowest BCUT2D eigenvalue weighted by Crippen LogP contribution is -2.42. The molecule has 19 heteroatoms. The molecule has 254 valence electrons. The van der Waals surface area contributed by atoms with Gasteiger partial charge in [0.1, 0.15) is 17.7 Å². The van der Waals surface area contributed by atoms with Gasteiger partial charge in [-0.05, 0) is 48.5 Å². The fraction of sp³-hybridized carbons (Fsp3) is 0.0968. The Morgan fingerprint density at radius 2 is 1.70 bits per heavy atom. The van der Waals surface area contributed by atoms with E-state index in [1.807, 2.05) is 4.72 Å². The van der Waals surface area contributed by atoms with Crippen LogP contribution in [0.15, 0.2) is 100 Å². The molecule has 6 rings (SSSR count). The molecule has 0 fully saturated rings. The highest BCUT2D eigenvalue weighted by molar-refractivity contribution is 7.92. The molecule has 2 aromatic carbocycles. The van der Waals surface area contributed by atoms with Gasteiger partial charge in [0.15, 0.2) is 0 Å². The molecule has 0 radical (unpaired) electrons. The third kappa shape index (κ3) is 6.43. The molecular formula is C31H23F2N9O7S. The first-order valence-corrected chi connectivity index (χ1v) is 15.9. The summed E-state index contributed by atoms with van der Waals surface area (Å²) in [6, 6.07) is 8.63. The second-order valence-corrected chi connectivity index (χ2v) is 12.4. The number of aromatic nitrogens is 7. The number of aliphatic carboxylic acids is 1. The van der Waals surface area contributed by atoms with Crippen molar-refractivity contribution in [2.24, 2.45) is 7.05 Å². The van der Waals surface area contributed by atoms with Crippen molar-refractivity contribution in [3.63, 3.8) is 0 Å². The quantitative estimate of drug-likeness (QED) is 0.186. The van der Waals surface area contributed by atoms with E-state index in [0.29, 0.717) is 23.3 Å². The molecule has 3 N–H and O–H groups in total. The lowest BCUT2D eigenvalue weighted by atomic mass is 10.1. The summed E-state index contributed by atoms with van der Waals surface area (Å²) in [5, 5.41) is 19.5. The number of halogens is 2. The number of aryl methyl sites for hydroxylation is 1. The summed E-state index contributed by atoms with van der Waals surface area (Å²) in [6.07, 6.45) is 6.49. The van der Waals surface area contributed by atoms with Crippen LogP contribution in [-0.4, -0.2) is 65.5 Å². The van der Waals surface area contributed by atoms with Gasteiger partial charge in [-0.15, -0.1) is 5.10 Å². The van der Waals surface area contributed by atoms with E-state index in [1.165, 1.54) is 89.7 Å². The van der Waals surface area contributed by atoms with Gasteiger partial charge in [0.25, 0.3) is 21.5 Å². The highest BCUT2D eigenvalue weighted by Crippen LogP contribution is 2.24. The van der Waals surface area contributed by atoms with E-state index in [2.05, 4.69) is 25.6 Å². The Bertz CT molecular complexity index is 2500. The Hall–Kier alpha value is -6.63. The molecule has 50 heavy (non-hydrogen) atoms. The SMILES string of the molecule is Cn1c(=O)n(-c2ccc(C[C@H](NC(=O)c3cc(F)c(NS(=O)(=O)c4ccc(-n5ccnn5)cc4)cc3F)C(=O)O)nc2)c(=O)c2ccncc21. The van der Waals surface area contributed by atoms with E-state index >= 15 is 8.78 Å². The number of amides is 1. The molecule has 0 bridgehead atoms. The third-order valence-corrected chi connectivity index (χ3v) is 8.92. The van der Waals surface area contributed by atoms with Crippen molar-refractivity contribution < 1.29 is 31.9 Å². The first-order chi connectivity index (χ1) is 23.8. The number of carboxylic acid groups (broad SMARTS) is 1. The summed E-state index contributed by atoms with van der Waals surface area (Å²) in [5.41, 5.74) is -1.97. The monoisotopic (exact) mass is 703 g/mol. The summed E-state index contributed by atoms with van der Waals surface area (Å²) >= 11 is 0. The van der Waals surface area contributed by atoms with Crippen LogP contribution >= 0.6 is 0 Å². The number of carbonyl (C=O) groups is 2. The number of hydrogen-bond acceptors (Lipinski definition) is 10. The minimum atomic E-state index is -4.40. The molecule has 1 amide bonds. The molecule has 0 aliphatic heterocycles. The average molecular weight is 704 g/mol. The molecule has 6 aromatic rings. The summed E-state index contributed by atoms with van der Waals surface area (Å²) in [6.45, 7) is 0. The number of sulfonamides is 1. The minimum absolute atomic E-state index is 0.0889. The molecule has 0 saturated heterocycles. The Labute approximate surface area is 279 Å². The Morgan fingerprint density at radius 3 is 2.36 bits per heavy atom. The largest absolute Gasteiger partial charge is 0.480 e. The smallest absolute Gasteiger partial charge is 0.335 e. The van der Waals surface area contributed by atoms with Gasteiger partial charge in [-0.2, -0.15) is 0 Å². The number of nitrogens with zero attached hydrogens (tertiary/aromatic N) is 7. The summed E-state index contributed by atoms with van der Waals surface area (Å²) in [7, 11) is -2.94. The van der Waals surface area contributed by atoms with Crippen LogP contribution in [0.3, 0.4) is 0 Å². The van der Waals surface area contributed by atoms with E-state index in [9.17, 15) is 32.7 Å². The van der Waals surface area contributed by atoms with E-state index in [-0.39, 0.29) is 21.7 Å². The maximum absolute atomic E-state index is 15.0. The first kappa shape index (κ1) is 33.3. The van der Waals surface area contributed by atoms with Crippen LogP contribution in [0.5, 0.6) is 0 Å². The number of carboxylic acids is 1. The van der Waals surface area contributed by atoms with Crippen LogP contribution in [0.25, 0.3) is 22.3 Å². The number of anilines is 1. The maximum atomic E-state index is 15.0. The molecular weight excluding hydrogens is 680 g/mol. The highest BCUT2D eigenvalue weighted by atomic mass is 32.2. The molecule has 4 aromatic heterocycles. The maximum Gasteiger partial charge on any atom is 0.335 e. The number of fused-ring (bicyclic) bond motifs is 1. The Morgan fingerprint density at radius 1 is 0.960 bits per heavy atom. The average Bonchev–Trinajstić information content (AvgIpc) is 3.64. The van der Waals surface area contributed by atoms with Crippen molar-refractivity contribution in [2.45, 2.75) is 17.4 Å². The predicted molar refractivity (Wildman–Crippen MR) is 171 cm³/mol. The summed E-state index contributed by atoms with van der Waals surface area (Å²) < 4.78 is 61.2. The Balaban J connectivity index is 1.17. The zero-order valence-electron chi connectivity index (χ0n) is 25.6. The fourth-order valence-electron chi connectivity index (χ4n) is 4.96. The van der Waals surface area contributed by atoms with Gasteiger partial charge in [0.05, 0.1) is 63.2 Å². The van der Waals surface area contributed by atoms with Crippen molar-refractivity contribution in [1.29, 1.82) is 0 Å². The van der Waals surface area contributed by atoms with Crippen LogP contribution in [0.4, 0.5) is 14.5 Å². The molecule has 0 unspecified atom stereocenters. The van der Waals surface area contributed by atoms with E-state index < -0.39 is 68.5 Å². The number of benzene rings is 2. The number of carbonyl (C=O) groups excluding carboxylic acids is 1. The van der Waals surface area contributed by atoms with E-state index in [4.69, 9.17) is 0 Å². The summed E-state index contributed by atoms with van der Waals surface area (Å²) in [4.78, 5) is 58.6. The zero-order valence-corrected chi connectivity index (χ0v) is 26.4. The molecule has 0 saturated carbocycles.